The second-order valence-electron chi connectivity index (χ2n) is 3.53. The van der Waals surface area contributed by atoms with Crippen LogP contribution in [0.25, 0.3) is 0 Å². The molecule has 0 amide bonds. The summed E-state index contributed by atoms with van der Waals surface area (Å²) < 4.78 is 0. The molecular weight excluding hydrogens is 188 g/mol. The molecule has 0 radical (unpaired) electrons. The van der Waals surface area contributed by atoms with Gasteiger partial charge in [0, 0.05) is 5.56 Å². The van der Waals surface area contributed by atoms with Gasteiger partial charge in [-0.15, -0.1) is 0 Å². The van der Waals surface area contributed by atoms with E-state index in [2.05, 4.69) is 0 Å². The maximum Gasteiger partial charge on any atom is 0.191 e. The molecule has 1 atom stereocenters. The van der Waals surface area contributed by atoms with Gasteiger partial charge in [-0.05, 0) is 30.9 Å². The van der Waals surface area contributed by atoms with Gasteiger partial charge in [-0.1, -0.05) is 32.0 Å². The highest BCUT2D eigenvalue weighted by molar-refractivity contribution is 6.02. The minimum Gasteiger partial charge on any atom is -0.385 e. The van der Waals surface area contributed by atoms with Crippen LogP contribution in [0.15, 0.2) is 18.2 Å². The van der Waals surface area contributed by atoms with E-state index < -0.39 is 6.10 Å². The predicted octanol–water partition coefficient (Wildman–Crippen LogP) is 2.51. The van der Waals surface area contributed by atoms with Crippen molar-refractivity contribution in [1.82, 2.24) is 0 Å². The van der Waals surface area contributed by atoms with Crippen LogP contribution in [0.1, 0.15) is 41.8 Å². The number of rotatable bonds is 0. The van der Waals surface area contributed by atoms with Crippen molar-refractivity contribution in [2.75, 3.05) is 0 Å². The highest BCUT2D eigenvalue weighted by Gasteiger charge is 2.26. The number of fused-ring (bicyclic) bond motifs is 1. The van der Waals surface area contributed by atoms with Crippen LogP contribution in [0.3, 0.4) is 0 Å². The average Bonchev–Trinajstić information content (AvgIpc) is 2.26. The Morgan fingerprint density at radius 1 is 1.33 bits per heavy atom. The van der Waals surface area contributed by atoms with Crippen molar-refractivity contribution in [2.45, 2.75) is 39.7 Å². The maximum atomic E-state index is 11.6. The number of carbonyl (C=O) groups excluding carboxylic acids is 1. The molecule has 82 valence electrons. The van der Waals surface area contributed by atoms with Crippen LogP contribution < -0.4 is 0 Å². The molecule has 0 aromatic heterocycles. The van der Waals surface area contributed by atoms with Gasteiger partial charge < -0.3 is 5.11 Å². The van der Waals surface area contributed by atoms with E-state index >= 15 is 0 Å². The van der Waals surface area contributed by atoms with Gasteiger partial charge in [0.1, 0.15) is 6.10 Å². The quantitative estimate of drug-likeness (QED) is 0.708. The normalized spacial score (nSPS) is 18.9. The molecule has 1 unspecified atom stereocenters. The summed E-state index contributed by atoms with van der Waals surface area (Å²) in [6.45, 7) is 5.91. The van der Waals surface area contributed by atoms with Crippen molar-refractivity contribution in [1.29, 1.82) is 0 Å². The monoisotopic (exact) mass is 206 g/mol. The standard InChI is InChI=1S/C11H12O2.C2H6/c1-7-3-2-4-8-5-6-9(12)11(13)10(7)8;1-2/h2-4,9,12H,5-6H2,1H3;1-2H3. The zero-order valence-corrected chi connectivity index (χ0v) is 9.58. The molecule has 1 aromatic rings. The molecule has 0 saturated heterocycles. The third-order valence-corrected chi connectivity index (χ3v) is 2.60. The molecule has 2 nitrogen and oxygen atoms in total. The van der Waals surface area contributed by atoms with Crippen molar-refractivity contribution >= 4 is 5.78 Å². The van der Waals surface area contributed by atoms with Crippen LogP contribution >= 0.6 is 0 Å². The summed E-state index contributed by atoms with van der Waals surface area (Å²) in [5.41, 5.74) is 2.79. The Balaban J connectivity index is 0.000000531. The molecule has 15 heavy (non-hydrogen) atoms. The largest absolute Gasteiger partial charge is 0.385 e. The molecule has 0 fully saturated rings. The third kappa shape index (κ3) is 2.26. The number of carbonyl (C=O) groups is 1. The maximum absolute atomic E-state index is 11.6. The lowest BCUT2D eigenvalue weighted by Gasteiger charge is -2.20. The first kappa shape index (κ1) is 11.9. The van der Waals surface area contributed by atoms with Crippen molar-refractivity contribution in [3.8, 4) is 0 Å². The highest BCUT2D eigenvalue weighted by Crippen LogP contribution is 2.23. The summed E-state index contributed by atoms with van der Waals surface area (Å²) in [4.78, 5) is 11.6. The number of ketones is 1. The Kier molecular flexibility index (Phi) is 4.04. The smallest absolute Gasteiger partial charge is 0.191 e. The fraction of sp³-hybridized carbons (Fsp3) is 0.462. The zero-order chi connectivity index (χ0) is 11.4. The van der Waals surface area contributed by atoms with Crippen LogP contribution in [0.2, 0.25) is 0 Å². The predicted molar refractivity (Wildman–Crippen MR) is 61.2 cm³/mol. The summed E-state index contributed by atoms with van der Waals surface area (Å²) in [6.07, 6.45) is 0.591. The SMILES string of the molecule is CC.Cc1cccc2c1C(=O)C(O)CC2. The van der Waals surface area contributed by atoms with E-state index in [1.165, 1.54) is 0 Å². The molecule has 1 aliphatic rings. The van der Waals surface area contributed by atoms with E-state index in [9.17, 15) is 9.90 Å². The lowest BCUT2D eigenvalue weighted by Crippen LogP contribution is -2.27. The summed E-state index contributed by atoms with van der Waals surface area (Å²) in [7, 11) is 0. The molecule has 1 aliphatic carbocycles. The molecular formula is C13H18O2. The zero-order valence-electron chi connectivity index (χ0n) is 9.58. The number of aliphatic hydroxyl groups is 1. The molecule has 0 aliphatic heterocycles. The number of aryl methyl sites for hydroxylation is 2. The first-order valence-electron chi connectivity index (χ1n) is 5.51. The second-order valence-corrected chi connectivity index (χ2v) is 3.53. The Morgan fingerprint density at radius 3 is 2.67 bits per heavy atom. The van der Waals surface area contributed by atoms with Crippen LogP contribution in [0.5, 0.6) is 0 Å². The number of Topliss-reactive ketones (excluding diaryl/α,β-unsaturated/α-hetero) is 1. The van der Waals surface area contributed by atoms with Gasteiger partial charge in [-0.25, -0.2) is 0 Å². The van der Waals surface area contributed by atoms with Crippen LogP contribution in [-0.4, -0.2) is 17.0 Å². The summed E-state index contributed by atoms with van der Waals surface area (Å²) in [5, 5.41) is 9.40. The van der Waals surface area contributed by atoms with Gasteiger partial charge >= 0.3 is 0 Å². The van der Waals surface area contributed by atoms with E-state index in [0.29, 0.717) is 6.42 Å². The Hall–Kier alpha value is -1.15. The summed E-state index contributed by atoms with van der Waals surface area (Å²) in [5.74, 6) is -0.112. The van der Waals surface area contributed by atoms with Crippen molar-refractivity contribution in [2.24, 2.45) is 0 Å². The van der Waals surface area contributed by atoms with Gasteiger partial charge in [0.25, 0.3) is 0 Å². The number of hydrogen-bond acceptors (Lipinski definition) is 2. The van der Waals surface area contributed by atoms with Crippen LogP contribution in [0.4, 0.5) is 0 Å². The molecule has 1 aromatic carbocycles. The lowest BCUT2D eigenvalue weighted by atomic mass is 9.86. The van der Waals surface area contributed by atoms with Crippen molar-refractivity contribution < 1.29 is 9.90 Å². The van der Waals surface area contributed by atoms with Gasteiger partial charge in [0.05, 0.1) is 0 Å². The summed E-state index contributed by atoms with van der Waals surface area (Å²) >= 11 is 0. The molecule has 0 bridgehead atoms. The third-order valence-electron chi connectivity index (χ3n) is 2.60. The Labute approximate surface area is 90.9 Å². The van der Waals surface area contributed by atoms with Crippen LogP contribution in [0, 0.1) is 6.92 Å². The first-order chi connectivity index (χ1) is 7.20. The molecule has 2 rings (SSSR count). The van der Waals surface area contributed by atoms with E-state index in [1.807, 2.05) is 39.0 Å². The number of benzene rings is 1. The Bertz CT molecular complexity index is 356. The minimum atomic E-state index is -0.784. The van der Waals surface area contributed by atoms with Crippen molar-refractivity contribution in [3.63, 3.8) is 0 Å². The van der Waals surface area contributed by atoms with Gasteiger partial charge in [0.2, 0.25) is 0 Å². The molecule has 2 heteroatoms. The van der Waals surface area contributed by atoms with E-state index in [-0.39, 0.29) is 5.78 Å². The van der Waals surface area contributed by atoms with Gasteiger partial charge in [-0.2, -0.15) is 0 Å². The number of aliphatic hydroxyl groups excluding tert-OH is 1. The van der Waals surface area contributed by atoms with Gasteiger partial charge in [0.15, 0.2) is 5.78 Å². The Morgan fingerprint density at radius 2 is 2.00 bits per heavy atom. The fourth-order valence-electron chi connectivity index (χ4n) is 1.88. The van der Waals surface area contributed by atoms with E-state index in [4.69, 9.17) is 0 Å². The number of hydrogen-bond donors (Lipinski definition) is 1. The molecule has 0 heterocycles. The average molecular weight is 206 g/mol. The van der Waals surface area contributed by atoms with Crippen LogP contribution in [-0.2, 0) is 6.42 Å². The second kappa shape index (κ2) is 5.08. The van der Waals surface area contributed by atoms with Crippen molar-refractivity contribution in [3.05, 3.63) is 34.9 Å². The fourth-order valence-corrected chi connectivity index (χ4v) is 1.88. The van der Waals surface area contributed by atoms with E-state index in [0.717, 1.165) is 23.1 Å². The van der Waals surface area contributed by atoms with E-state index in [1.54, 1.807) is 0 Å². The minimum absolute atomic E-state index is 0.112. The molecule has 0 spiro atoms. The highest BCUT2D eigenvalue weighted by atomic mass is 16.3. The molecule has 0 saturated carbocycles. The molecule has 1 N–H and O–H groups in total. The topological polar surface area (TPSA) is 37.3 Å². The summed E-state index contributed by atoms with van der Waals surface area (Å²) in [6, 6.07) is 5.83. The van der Waals surface area contributed by atoms with Gasteiger partial charge in [-0.3, -0.25) is 4.79 Å². The first-order valence-corrected chi connectivity index (χ1v) is 5.51. The lowest BCUT2D eigenvalue weighted by molar-refractivity contribution is 0.0711.